The summed E-state index contributed by atoms with van der Waals surface area (Å²) in [6.45, 7) is 1.83. The van der Waals surface area contributed by atoms with Crippen molar-refractivity contribution in [2.45, 2.75) is 12.8 Å². The topological polar surface area (TPSA) is 46.2 Å². The Morgan fingerprint density at radius 2 is 1.50 bits per heavy atom. The normalized spacial score (nSPS) is 11.7. The first-order valence-corrected chi connectivity index (χ1v) is 7.11. The zero-order valence-electron chi connectivity index (χ0n) is 11.1. The third-order valence-corrected chi connectivity index (χ3v) is 3.78. The van der Waals surface area contributed by atoms with Crippen molar-refractivity contribution in [2.24, 2.45) is 0 Å². The average Bonchev–Trinajstić information content (AvgIpc) is 2.53. The van der Waals surface area contributed by atoms with E-state index in [2.05, 4.69) is 4.72 Å². The fourth-order valence-corrected chi connectivity index (χ4v) is 2.34. The van der Waals surface area contributed by atoms with Crippen LogP contribution >= 0.6 is 11.9 Å². The lowest BCUT2D eigenvalue weighted by atomic mass is 10.0. The number of rotatable bonds is 3. The van der Waals surface area contributed by atoms with Crippen LogP contribution in [0.3, 0.4) is 0 Å². The predicted octanol–water partition coefficient (Wildman–Crippen LogP) is 3.39. The molecule has 102 valence electrons. The summed E-state index contributed by atoms with van der Waals surface area (Å²) in [4.78, 5) is 23.9. The van der Waals surface area contributed by atoms with Crippen molar-refractivity contribution < 1.29 is 9.59 Å². The molecule has 0 aliphatic rings. The van der Waals surface area contributed by atoms with Crippen molar-refractivity contribution in [1.29, 1.82) is 0 Å². The minimum absolute atomic E-state index is 0.0829. The fraction of sp³-hybridized carbons (Fsp3) is 0.125. The fourth-order valence-electron chi connectivity index (χ4n) is 1.71. The number of hydrogen-bond donors (Lipinski definition) is 1. The quantitative estimate of drug-likeness (QED) is 0.879. The van der Waals surface area contributed by atoms with Crippen LogP contribution in [0.5, 0.6) is 0 Å². The second-order valence-corrected chi connectivity index (χ2v) is 5.16. The van der Waals surface area contributed by atoms with Crippen molar-refractivity contribution in [1.82, 2.24) is 4.72 Å². The molecule has 0 saturated heterocycles. The zero-order chi connectivity index (χ0) is 14.4. The Kier molecular flexibility index (Phi) is 4.96. The zero-order valence-corrected chi connectivity index (χ0v) is 11.9. The Hall–Kier alpha value is -2.07. The van der Waals surface area contributed by atoms with E-state index in [4.69, 9.17) is 0 Å². The van der Waals surface area contributed by atoms with E-state index < -0.39 is 0 Å². The third kappa shape index (κ3) is 3.71. The van der Waals surface area contributed by atoms with Gasteiger partial charge in [0.05, 0.1) is 5.92 Å². The molecule has 2 rings (SSSR count). The molecule has 0 heterocycles. The molecule has 0 aliphatic heterocycles. The second kappa shape index (κ2) is 6.91. The molecular formula is C16H15NO2S. The molecule has 0 spiro atoms. The summed E-state index contributed by atoms with van der Waals surface area (Å²) in [6.07, 6.45) is 0. The van der Waals surface area contributed by atoms with E-state index in [0.29, 0.717) is 5.56 Å². The molecule has 4 heteroatoms. The minimum atomic E-state index is -0.260. The smallest absolute Gasteiger partial charge is 0.261 e. The van der Waals surface area contributed by atoms with Gasteiger partial charge in [-0.3, -0.25) is 14.3 Å². The van der Waals surface area contributed by atoms with Gasteiger partial charge in [-0.25, -0.2) is 0 Å². The van der Waals surface area contributed by atoms with Gasteiger partial charge in [0.1, 0.15) is 0 Å². The van der Waals surface area contributed by atoms with E-state index in [1.54, 1.807) is 24.3 Å². The summed E-state index contributed by atoms with van der Waals surface area (Å²) >= 11 is 0.844. The van der Waals surface area contributed by atoms with Crippen LogP contribution in [0.25, 0.3) is 0 Å². The minimum Gasteiger partial charge on any atom is -0.289 e. The molecule has 1 unspecified atom stereocenters. The maximum absolute atomic E-state index is 12.0. The van der Waals surface area contributed by atoms with Gasteiger partial charge in [-0.2, -0.15) is 0 Å². The van der Waals surface area contributed by atoms with Crippen LogP contribution in [0.1, 0.15) is 28.8 Å². The van der Waals surface area contributed by atoms with E-state index in [1.807, 2.05) is 43.3 Å². The summed E-state index contributed by atoms with van der Waals surface area (Å²) in [5.74, 6) is -0.513. The van der Waals surface area contributed by atoms with Gasteiger partial charge in [0.2, 0.25) is 5.12 Å². The molecule has 0 fully saturated rings. The lowest BCUT2D eigenvalue weighted by molar-refractivity contribution is -0.112. The molecule has 0 aromatic heterocycles. The first kappa shape index (κ1) is 14.3. The largest absolute Gasteiger partial charge is 0.289 e. The summed E-state index contributed by atoms with van der Waals surface area (Å²) in [6, 6.07) is 18.3. The average molecular weight is 285 g/mol. The summed E-state index contributed by atoms with van der Waals surface area (Å²) in [7, 11) is 0. The molecule has 1 N–H and O–H groups in total. The molecule has 3 nitrogen and oxygen atoms in total. The summed E-state index contributed by atoms with van der Waals surface area (Å²) in [5.41, 5.74) is 1.49. The highest BCUT2D eigenvalue weighted by atomic mass is 32.2. The van der Waals surface area contributed by atoms with Crippen LogP contribution < -0.4 is 4.72 Å². The van der Waals surface area contributed by atoms with Gasteiger partial charge in [-0.15, -0.1) is 0 Å². The molecule has 1 amide bonds. The van der Waals surface area contributed by atoms with E-state index in [9.17, 15) is 9.59 Å². The number of benzene rings is 2. The highest BCUT2D eigenvalue weighted by Crippen LogP contribution is 2.20. The Morgan fingerprint density at radius 3 is 2.10 bits per heavy atom. The first-order chi connectivity index (χ1) is 9.68. The molecular weight excluding hydrogens is 270 g/mol. The van der Waals surface area contributed by atoms with Gasteiger partial charge >= 0.3 is 0 Å². The molecule has 0 radical (unpaired) electrons. The maximum Gasteiger partial charge on any atom is 0.261 e. The van der Waals surface area contributed by atoms with Crippen LogP contribution in [0.4, 0.5) is 0 Å². The predicted molar refractivity (Wildman–Crippen MR) is 81.4 cm³/mol. The van der Waals surface area contributed by atoms with Gasteiger partial charge < -0.3 is 0 Å². The Labute approximate surface area is 122 Å². The van der Waals surface area contributed by atoms with Crippen LogP contribution in [-0.4, -0.2) is 11.0 Å². The highest BCUT2D eigenvalue weighted by Gasteiger charge is 2.17. The van der Waals surface area contributed by atoms with Crippen LogP contribution in [-0.2, 0) is 4.79 Å². The van der Waals surface area contributed by atoms with E-state index in [-0.39, 0.29) is 16.9 Å². The highest BCUT2D eigenvalue weighted by molar-refractivity contribution is 8.12. The number of carbonyl (C=O) groups is 2. The summed E-state index contributed by atoms with van der Waals surface area (Å²) < 4.78 is 2.58. The van der Waals surface area contributed by atoms with Crippen molar-refractivity contribution in [3.05, 3.63) is 71.8 Å². The first-order valence-electron chi connectivity index (χ1n) is 6.29. The number of amides is 1. The van der Waals surface area contributed by atoms with Crippen LogP contribution in [0.15, 0.2) is 60.7 Å². The molecule has 20 heavy (non-hydrogen) atoms. The standard InChI is InChI=1S/C16H15NO2S/c1-12(13-8-4-2-5-9-13)16(19)20-17-15(18)14-10-6-3-7-11-14/h2-12H,1H3,(H,17,18). The Balaban J connectivity index is 1.91. The summed E-state index contributed by atoms with van der Waals surface area (Å²) in [5, 5.41) is -0.0829. The SMILES string of the molecule is CC(C(=O)SNC(=O)c1ccccc1)c1ccccc1. The number of hydrogen-bond acceptors (Lipinski definition) is 3. The maximum atomic E-state index is 12.0. The Morgan fingerprint density at radius 1 is 0.950 bits per heavy atom. The van der Waals surface area contributed by atoms with Crippen LogP contribution in [0.2, 0.25) is 0 Å². The van der Waals surface area contributed by atoms with Crippen LogP contribution in [0, 0.1) is 0 Å². The van der Waals surface area contributed by atoms with E-state index >= 15 is 0 Å². The second-order valence-electron chi connectivity index (χ2n) is 4.35. The monoisotopic (exact) mass is 285 g/mol. The van der Waals surface area contributed by atoms with Gasteiger partial charge in [0.15, 0.2) is 0 Å². The lowest BCUT2D eigenvalue weighted by Crippen LogP contribution is -2.20. The lowest BCUT2D eigenvalue weighted by Gasteiger charge is -2.10. The van der Waals surface area contributed by atoms with E-state index in [1.165, 1.54) is 0 Å². The molecule has 0 aliphatic carbocycles. The van der Waals surface area contributed by atoms with Gasteiger partial charge in [-0.05, 0) is 17.7 Å². The van der Waals surface area contributed by atoms with Gasteiger partial charge in [0.25, 0.3) is 5.91 Å². The van der Waals surface area contributed by atoms with Gasteiger partial charge in [0, 0.05) is 17.5 Å². The van der Waals surface area contributed by atoms with Crippen molar-refractivity contribution in [3.8, 4) is 0 Å². The molecule has 2 aromatic rings. The molecule has 1 atom stereocenters. The molecule has 0 saturated carbocycles. The van der Waals surface area contributed by atoms with E-state index in [0.717, 1.165) is 17.5 Å². The molecule has 0 bridgehead atoms. The van der Waals surface area contributed by atoms with Crippen molar-refractivity contribution in [2.75, 3.05) is 0 Å². The van der Waals surface area contributed by atoms with Crippen molar-refractivity contribution in [3.63, 3.8) is 0 Å². The van der Waals surface area contributed by atoms with Gasteiger partial charge in [-0.1, -0.05) is 55.5 Å². The van der Waals surface area contributed by atoms with Crippen molar-refractivity contribution >= 4 is 23.0 Å². The number of carbonyl (C=O) groups excluding carboxylic acids is 2. The Bertz CT molecular complexity index is 584. The third-order valence-electron chi connectivity index (χ3n) is 2.93. The molecule has 2 aromatic carbocycles. The number of nitrogens with one attached hydrogen (secondary N) is 1.